The number of tetrazole rings is 1. The van der Waals surface area contributed by atoms with Crippen LogP contribution in [0.4, 0.5) is 13.2 Å². The summed E-state index contributed by atoms with van der Waals surface area (Å²) in [4.78, 5) is 19.9. The first-order chi connectivity index (χ1) is 17.7. The van der Waals surface area contributed by atoms with Crippen molar-refractivity contribution in [2.24, 2.45) is 0 Å². The minimum atomic E-state index is -4.76. The van der Waals surface area contributed by atoms with Gasteiger partial charge in [0, 0.05) is 18.6 Å². The van der Waals surface area contributed by atoms with E-state index in [2.05, 4.69) is 35.9 Å². The Morgan fingerprint density at radius 2 is 2.08 bits per heavy atom. The topological polar surface area (TPSA) is 143 Å². The second-order valence-corrected chi connectivity index (χ2v) is 8.17. The zero-order valence-corrected chi connectivity index (χ0v) is 19.5. The molecule has 1 amide bonds. The van der Waals surface area contributed by atoms with Gasteiger partial charge in [0.2, 0.25) is 0 Å². The number of amides is 1. The lowest BCUT2D eigenvalue weighted by Crippen LogP contribution is -2.18. The van der Waals surface area contributed by atoms with Crippen LogP contribution in [0.3, 0.4) is 0 Å². The second-order valence-electron chi connectivity index (χ2n) is 7.76. The van der Waals surface area contributed by atoms with Crippen LogP contribution in [0.2, 0.25) is 5.02 Å². The maximum atomic E-state index is 13.3. The highest BCUT2D eigenvalue weighted by molar-refractivity contribution is 6.32. The van der Waals surface area contributed by atoms with Crippen molar-refractivity contribution in [1.82, 2.24) is 45.3 Å². The highest BCUT2D eigenvalue weighted by Gasteiger charge is 2.38. The Kier molecular flexibility index (Phi) is 5.84. The van der Waals surface area contributed by atoms with Gasteiger partial charge < -0.3 is 10.3 Å². The van der Waals surface area contributed by atoms with Gasteiger partial charge in [-0.15, -0.1) is 5.10 Å². The Morgan fingerprint density at radius 3 is 2.78 bits per heavy atom. The molecule has 37 heavy (non-hydrogen) atoms. The Labute approximate surface area is 210 Å². The summed E-state index contributed by atoms with van der Waals surface area (Å²) in [5.41, 5.74) is 1.98. The molecule has 15 heteroatoms. The summed E-state index contributed by atoms with van der Waals surface area (Å²) in [7, 11) is 1.47. The molecular formula is C22H14ClF3N10O. The lowest BCUT2D eigenvalue weighted by Gasteiger charge is -2.07. The summed E-state index contributed by atoms with van der Waals surface area (Å²) in [6.07, 6.45) is -3.27. The Hall–Kier alpha value is -4.77. The number of nitriles is 1. The molecule has 186 valence electrons. The third-order valence-electron chi connectivity index (χ3n) is 5.40. The number of aromatic nitrogens is 8. The molecule has 0 unspecified atom stereocenters. The number of hydrogen-bond donors (Lipinski definition) is 2. The van der Waals surface area contributed by atoms with Crippen LogP contribution in [-0.2, 0) is 12.7 Å². The van der Waals surface area contributed by atoms with Crippen molar-refractivity contribution in [2.75, 3.05) is 7.05 Å². The molecule has 0 atom stereocenters. The van der Waals surface area contributed by atoms with Crippen molar-refractivity contribution in [2.45, 2.75) is 12.7 Å². The molecule has 0 radical (unpaired) electrons. The average Bonchev–Trinajstić information content (AvgIpc) is 3.61. The number of carbonyl (C=O) groups excluding carboxylic acids is 1. The molecule has 0 aliphatic rings. The molecule has 5 aromatic rings. The normalized spacial score (nSPS) is 11.6. The number of benzene rings is 1. The van der Waals surface area contributed by atoms with Gasteiger partial charge >= 0.3 is 6.18 Å². The van der Waals surface area contributed by atoms with Crippen molar-refractivity contribution in [1.29, 1.82) is 5.26 Å². The molecule has 0 bridgehead atoms. The average molecular weight is 527 g/mol. The maximum Gasteiger partial charge on any atom is 0.453 e. The highest BCUT2D eigenvalue weighted by atomic mass is 35.5. The summed E-state index contributed by atoms with van der Waals surface area (Å²) in [5.74, 6) is -1.46. The van der Waals surface area contributed by atoms with E-state index in [0.717, 1.165) is 0 Å². The van der Waals surface area contributed by atoms with Gasteiger partial charge in [0.15, 0.2) is 5.82 Å². The van der Waals surface area contributed by atoms with Gasteiger partial charge in [-0.05, 0) is 46.8 Å². The molecule has 0 fully saturated rings. The SMILES string of the molecule is CNC(=O)c1cc(C#N)cc2cc(-c3cc(Cn4nnnc4C(F)(F)F)nn3-c3ncccc3Cl)[nH]c12. The predicted octanol–water partition coefficient (Wildman–Crippen LogP) is 3.35. The van der Waals surface area contributed by atoms with E-state index in [1.807, 2.05) is 6.07 Å². The number of alkyl halides is 3. The zero-order valence-electron chi connectivity index (χ0n) is 18.7. The number of pyridine rings is 1. The van der Waals surface area contributed by atoms with Crippen molar-refractivity contribution in [3.8, 4) is 23.3 Å². The number of fused-ring (bicyclic) bond motifs is 1. The lowest BCUT2D eigenvalue weighted by molar-refractivity contribution is -0.147. The predicted molar refractivity (Wildman–Crippen MR) is 124 cm³/mol. The summed E-state index contributed by atoms with van der Waals surface area (Å²) < 4.78 is 41.8. The fraction of sp³-hybridized carbons (Fsp3) is 0.136. The second kappa shape index (κ2) is 9.03. The van der Waals surface area contributed by atoms with E-state index in [1.54, 1.807) is 24.3 Å². The van der Waals surface area contributed by atoms with Crippen LogP contribution < -0.4 is 5.32 Å². The highest BCUT2D eigenvalue weighted by Crippen LogP contribution is 2.32. The van der Waals surface area contributed by atoms with Crippen molar-refractivity contribution < 1.29 is 18.0 Å². The van der Waals surface area contributed by atoms with Gasteiger partial charge in [-0.3, -0.25) is 4.79 Å². The third kappa shape index (κ3) is 4.36. The molecule has 2 N–H and O–H groups in total. The largest absolute Gasteiger partial charge is 0.453 e. The molecule has 0 spiro atoms. The molecule has 0 saturated heterocycles. The standard InChI is InChI=1S/C22H14ClF3N10O/c1-28-20(37)14-6-11(9-27)5-12-7-16(30-18(12)14)17-8-13(10-35-21(22(24,25)26)31-33-34-35)32-36(17)19-15(23)3-2-4-29-19/h2-8,30H,10H2,1H3,(H,28,37). The molecule has 1 aromatic carbocycles. The molecule has 5 rings (SSSR count). The summed E-state index contributed by atoms with van der Waals surface area (Å²) in [6, 6.07) is 11.5. The summed E-state index contributed by atoms with van der Waals surface area (Å²) >= 11 is 6.35. The van der Waals surface area contributed by atoms with Crippen LogP contribution in [0.15, 0.2) is 42.6 Å². The van der Waals surface area contributed by atoms with Gasteiger partial charge in [0.05, 0.1) is 51.4 Å². The van der Waals surface area contributed by atoms with Crippen LogP contribution in [0.25, 0.3) is 28.1 Å². The molecule has 0 aliphatic carbocycles. The van der Waals surface area contributed by atoms with Gasteiger partial charge in [0.25, 0.3) is 11.7 Å². The number of rotatable bonds is 5. The Balaban J connectivity index is 1.69. The molecule has 4 aromatic heterocycles. The van der Waals surface area contributed by atoms with Crippen molar-refractivity contribution in [3.63, 3.8) is 0 Å². The first-order valence-electron chi connectivity index (χ1n) is 10.5. The third-order valence-corrected chi connectivity index (χ3v) is 5.70. The van der Waals surface area contributed by atoms with Gasteiger partial charge in [-0.2, -0.15) is 23.5 Å². The van der Waals surface area contributed by atoms with Crippen LogP contribution >= 0.6 is 11.6 Å². The van der Waals surface area contributed by atoms with E-state index >= 15 is 0 Å². The van der Waals surface area contributed by atoms with Gasteiger partial charge in [0.1, 0.15) is 0 Å². The molecule has 4 heterocycles. The first-order valence-corrected chi connectivity index (χ1v) is 10.9. The number of H-pyrrole nitrogens is 1. The molecular weight excluding hydrogens is 513 g/mol. The summed E-state index contributed by atoms with van der Waals surface area (Å²) in [6.45, 7) is -0.394. The molecule has 11 nitrogen and oxygen atoms in total. The first kappa shape index (κ1) is 23.9. The van der Waals surface area contributed by atoms with Crippen LogP contribution in [0.1, 0.15) is 27.4 Å². The molecule has 0 saturated carbocycles. The maximum absolute atomic E-state index is 13.3. The number of aromatic amines is 1. The van der Waals surface area contributed by atoms with E-state index in [4.69, 9.17) is 11.6 Å². The number of nitrogens with zero attached hydrogens (tertiary/aromatic N) is 8. The monoisotopic (exact) mass is 526 g/mol. The van der Waals surface area contributed by atoms with Crippen molar-refractivity contribution >= 4 is 28.4 Å². The van der Waals surface area contributed by atoms with E-state index in [0.29, 0.717) is 27.0 Å². The minimum Gasteiger partial charge on any atom is -0.355 e. The van der Waals surface area contributed by atoms with Gasteiger partial charge in [-0.1, -0.05) is 11.6 Å². The number of carbonyl (C=O) groups is 1. The number of hydrogen-bond acceptors (Lipinski definition) is 7. The smallest absolute Gasteiger partial charge is 0.355 e. The summed E-state index contributed by atoms with van der Waals surface area (Å²) in [5, 5.41) is 26.8. The number of halogens is 4. The Morgan fingerprint density at radius 1 is 1.27 bits per heavy atom. The van der Waals surface area contributed by atoms with E-state index in [-0.39, 0.29) is 27.7 Å². The fourth-order valence-corrected chi connectivity index (χ4v) is 4.02. The van der Waals surface area contributed by atoms with Gasteiger partial charge in [-0.25, -0.2) is 14.3 Å². The Bertz CT molecular complexity index is 1700. The lowest BCUT2D eigenvalue weighted by atomic mass is 10.1. The van der Waals surface area contributed by atoms with Crippen LogP contribution in [0, 0.1) is 11.3 Å². The van der Waals surface area contributed by atoms with Crippen LogP contribution in [0.5, 0.6) is 0 Å². The molecule has 0 aliphatic heterocycles. The van der Waals surface area contributed by atoms with Crippen molar-refractivity contribution in [3.05, 3.63) is 70.3 Å². The van der Waals surface area contributed by atoms with Crippen LogP contribution in [-0.4, -0.2) is 52.9 Å². The fourth-order valence-electron chi connectivity index (χ4n) is 3.82. The minimum absolute atomic E-state index is 0.178. The zero-order chi connectivity index (χ0) is 26.3. The van der Waals surface area contributed by atoms with E-state index < -0.39 is 24.5 Å². The van der Waals surface area contributed by atoms with E-state index in [1.165, 1.54) is 30.1 Å². The quantitative estimate of drug-likeness (QED) is 0.357. The van der Waals surface area contributed by atoms with E-state index in [9.17, 15) is 23.2 Å². The number of nitrogens with one attached hydrogen (secondary N) is 2.